The lowest BCUT2D eigenvalue weighted by Gasteiger charge is -2.22. The first-order chi connectivity index (χ1) is 9.65. The maximum absolute atomic E-state index is 11.1. The van der Waals surface area contributed by atoms with Gasteiger partial charge in [-0.2, -0.15) is 0 Å². The summed E-state index contributed by atoms with van der Waals surface area (Å²) in [6.45, 7) is 5.11. The molecule has 1 aliphatic carbocycles. The fourth-order valence-corrected chi connectivity index (χ4v) is 2.62. The fraction of sp³-hybridized carbons (Fsp3) is 0.600. The van der Waals surface area contributed by atoms with Crippen molar-refractivity contribution in [1.82, 2.24) is 4.90 Å². The summed E-state index contributed by atoms with van der Waals surface area (Å²) in [6, 6.07) is 5.31. The monoisotopic (exact) mass is 277 g/mol. The predicted octanol–water partition coefficient (Wildman–Crippen LogP) is 3.26. The molecule has 1 aliphatic rings. The number of hydrogen-bond acceptors (Lipinski definition) is 4. The van der Waals surface area contributed by atoms with E-state index in [1.165, 1.54) is 12.8 Å². The molecule has 1 aromatic rings. The van der Waals surface area contributed by atoms with Crippen molar-refractivity contribution in [1.29, 1.82) is 0 Å². The third-order valence-electron chi connectivity index (χ3n) is 3.72. The molecule has 0 saturated heterocycles. The zero-order valence-corrected chi connectivity index (χ0v) is 12.3. The van der Waals surface area contributed by atoms with E-state index >= 15 is 0 Å². The summed E-state index contributed by atoms with van der Waals surface area (Å²) in [6.07, 6.45) is 3.76. The van der Waals surface area contributed by atoms with E-state index in [9.17, 15) is 10.1 Å². The number of nitro benzene ring substituents is 1. The molecule has 5 heteroatoms. The third kappa shape index (κ3) is 3.70. The molecule has 0 spiro atoms. The molecule has 0 unspecified atom stereocenters. The molecule has 0 amide bonds. The topological polar surface area (TPSA) is 58.4 Å². The number of nitrogens with zero attached hydrogens (tertiary/aromatic N) is 2. The van der Waals surface area contributed by atoms with Gasteiger partial charge in [-0.15, -0.1) is 0 Å². The summed E-state index contributed by atoms with van der Waals surface area (Å²) in [4.78, 5) is 13.2. The first-order valence-corrected chi connectivity index (χ1v) is 7.32. The van der Waals surface area contributed by atoms with Crippen LogP contribution in [0.15, 0.2) is 18.2 Å². The molecule has 0 aromatic heterocycles. The van der Waals surface area contributed by atoms with Crippen LogP contribution in [0.2, 0.25) is 0 Å². The fourth-order valence-electron chi connectivity index (χ4n) is 2.62. The molecule has 1 saturated carbocycles. The Morgan fingerprint density at radius 3 is 2.75 bits per heavy atom. The molecule has 0 heterocycles. The molecule has 110 valence electrons. The van der Waals surface area contributed by atoms with Gasteiger partial charge in [0.1, 0.15) is 5.69 Å². The highest BCUT2D eigenvalue weighted by Crippen LogP contribution is 2.32. The summed E-state index contributed by atoms with van der Waals surface area (Å²) in [5.41, 5.74) is 1.82. The lowest BCUT2D eigenvalue weighted by molar-refractivity contribution is -0.384. The van der Waals surface area contributed by atoms with Crippen molar-refractivity contribution in [3.05, 3.63) is 33.9 Å². The quantitative estimate of drug-likeness (QED) is 0.585. The predicted molar refractivity (Wildman–Crippen MR) is 80.9 cm³/mol. The second-order valence-electron chi connectivity index (χ2n) is 5.50. The van der Waals surface area contributed by atoms with Gasteiger partial charge in [0.15, 0.2) is 0 Å². The Hall–Kier alpha value is -1.62. The molecule has 0 aliphatic heterocycles. The van der Waals surface area contributed by atoms with Gasteiger partial charge < -0.3 is 5.32 Å². The van der Waals surface area contributed by atoms with Gasteiger partial charge in [-0.05, 0) is 37.3 Å². The van der Waals surface area contributed by atoms with Crippen LogP contribution in [-0.4, -0.2) is 30.0 Å². The largest absolute Gasteiger partial charge is 0.382 e. The molecule has 0 bridgehead atoms. The van der Waals surface area contributed by atoms with E-state index in [2.05, 4.69) is 17.1 Å². The highest BCUT2D eigenvalue weighted by molar-refractivity contribution is 5.66. The van der Waals surface area contributed by atoms with Crippen molar-refractivity contribution >= 4 is 11.4 Å². The molecule has 0 radical (unpaired) electrons. The number of benzene rings is 1. The van der Waals surface area contributed by atoms with Gasteiger partial charge in [0.2, 0.25) is 0 Å². The zero-order valence-electron chi connectivity index (χ0n) is 12.3. The van der Waals surface area contributed by atoms with Crippen LogP contribution in [0.3, 0.4) is 0 Å². The van der Waals surface area contributed by atoms with E-state index in [-0.39, 0.29) is 10.6 Å². The zero-order chi connectivity index (χ0) is 14.5. The smallest absolute Gasteiger partial charge is 0.292 e. The standard InChI is InChI=1S/C15H23N3O2/c1-3-9-17(10-12-7-8-12)11-13-5-4-6-14(18(19)20)15(13)16-2/h4-6,12,16H,3,7-11H2,1-2H3. The Morgan fingerprint density at radius 1 is 1.45 bits per heavy atom. The first-order valence-electron chi connectivity index (χ1n) is 7.32. The van der Waals surface area contributed by atoms with E-state index in [1.54, 1.807) is 19.2 Å². The number of nitro groups is 1. The van der Waals surface area contributed by atoms with Crippen LogP contribution in [0, 0.1) is 16.0 Å². The molecule has 1 fully saturated rings. The summed E-state index contributed by atoms with van der Waals surface area (Å²) in [5, 5.41) is 14.1. The minimum Gasteiger partial charge on any atom is -0.382 e. The number of rotatable bonds is 8. The van der Waals surface area contributed by atoms with Gasteiger partial charge in [0.05, 0.1) is 4.92 Å². The van der Waals surface area contributed by atoms with E-state index < -0.39 is 0 Å². The second kappa shape index (κ2) is 6.70. The maximum atomic E-state index is 11.1. The minimum absolute atomic E-state index is 0.160. The Kier molecular flexibility index (Phi) is 4.95. The van der Waals surface area contributed by atoms with E-state index in [1.807, 2.05) is 6.07 Å². The van der Waals surface area contributed by atoms with Gasteiger partial charge in [0, 0.05) is 26.2 Å². The molecular weight excluding hydrogens is 254 g/mol. The summed E-state index contributed by atoms with van der Waals surface area (Å²) in [5.74, 6) is 0.832. The maximum Gasteiger partial charge on any atom is 0.292 e. The normalized spacial score (nSPS) is 14.6. The molecule has 0 atom stereocenters. The Morgan fingerprint density at radius 2 is 2.20 bits per heavy atom. The van der Waals surface area contributed by atoms with Crippen molar-refractivity contribution in [3.63, 3.8) is 0 Å². The van der Waals surface area contributed by atoms with Crippen LogP contribution >= 0.6 is 0 Å². The highest BCUT2D eigenvalue weighted by Gasteiger charge is 2.25. The molecule has 20 heavy (non-hydrogen) atoms. The first kappa shape index (κ1) is 14.8. The highest BCUT2D eigenvalue weighted by atomic mass is 16.6. The summed E-state index contributed by atoms with van der Waals surface area (Å²) < 4.78 is 0. The Balaban J connectivity index is 2.17. The van der Waals surface area contributed by atoms with E-state index in [0.29, 0.717) is 5.69 Å². The minimum atomic E-state index is -0.319. The van der Waals surface area contributed by atoms with Crippen molar-refractivity contribution in [3.8, 4) is 0 Å². The second-order valence-corrected chi connectivity index (χ2v) is 5.50. The molecular formula is C15H23N3O2. The van der Waals surface area contributed by atoms with Crippen molar-refractivity contribution in [2.24, 2.45) is 5.92 Å². The summed E-state index contributed by atoms with van der Waals surface area (Å²) in [7, 11) is 1.75. The van der Waals surface area contributed by atoms with Gasteiger partial charge in [-0.3, -0.25) is 15.0 Å². The van der Waals surface area contributed by atoms with Crippen molar-refractivity contribution in [2.45, 2.75) is 32.7 Å². The van der Waals surface area contributed by atoms with Crippen LogP contribution in [-0.2, 0) is 6.54 Å². The van der Waals surface area contributed by atoms with Crippen molar-refractivity contribution in [2.75, 3.05) is 25.5 Å². The SMILES string of the molecule is CCCN(Cc1cccc([N+](=O)[O-])c1NC)CC1CC1. The van der Waals surface area contributed by atoms with Crippen LogP contribution in [0.5, 0.6) is 0 Å². The van der Waals surface area contributed by atoms with E-state index in [0.717, 1.165) is 37.5 Å². The van der Waals surface area contributed by atoms with Crippen LogP contribution in [0.25, 0.3) is 0 Å². The number of para-hydroxylation sites is 1. The Labute approximate surface area is 120 Å². The van der Waals surface area contributed by atoms with Gasteiger partial charge in [0.25, 0.3) is 5.69 Å². The third-order valence-corrected chi connectivity index (χ3v) is 3.72. The van der Waals surface area contributed by atoms with Crippen molar-refractivity contribution < 1.29 is 4.92 Å². The molecule has 2 rings (SSSR count). The molecule has 1 aromatic carbocycles. The van der Waals surface area contributed by atoms with Crippen LogP contribution in [0.1, 0.15) is 31.7 Å². The van der Waals surface area contributed by atoms with Gasteiger partial charge in [-0.25, -0.2) is 0 Å². The van der Waals surface area contributed by atoms with Gasteiger partial charge >= 0.3 is 0 Å². The molecule has 5 nitrogen and oxygen atoms in total. The number of hydrogen-bond donors (Lipinski definition) is 1. The Bertz CT molecular complexity index is 472. The van der Waals surface area contributed by atoms with Crippen LogP contribution < -0.4 is 5.32 Å². The average molecular weight is 277 g/mol. The number of nitrogens with one attached hydrogen (secondary N) is 1. The van der Waals surface area contributed by atoms with E-state index in [4.69, 9.17) is 0 Å². The lowest BCUT2D eigenvalue weighted by atomic mass is 10.1. The van der Waals surface area contributed by atoms with Gasteiger partial charge in [-0.1, -0.05) is 19.1 Å². The number of anilines is 1. The lowest BCUT2D eigenvalue weighted by Crippen LogP contribution is -2.26. The van der Waals surface area contributed by atoms with Crippen LogP contribution in [0.4, 0.5) is 11.4 Å². The summed E-state index contributed by atoms with van der Waals surface area (Å²) >= 11 is 0. The average Bonchev–Trinajstić information content (AvgIpc) is 3.22. The molecule has 1 N–H and O–H groups in total.